The number of methoxy groups -OCH3 is 4. The van der Waals surface area contributed by atoms with E-state index in [0.717, 1.165) is 52.2 Å². The summed E-state index contributed by atoms with van der Waals surface area (Å²) in [6.45, 7) is 4.49. The lowest BCUT2D eigenvalue weighted by molar-refractivity contribution is 0.0944. The summed E-state index contributed by atoms with van der Waals surface area (Å²) in [5.41, 5.74) is 2.08. The molecule has 3 aromatic carbocycles. The molecule has 6 nitrogen and oxygen atoms in total. The lowest BCUT2D eigenvalue weighted by Crippen LogP contribution is -2.34. The lowest BCUT2D eigenvalue weighted by atomic mass is 9.86. The van der Waals surface area contributed by atoms with Gasteiger partial charge in [-0.25, -0.2) is 0 Å². The van der Waals surface area contributed by atoms with Crippen LogP contribution in [0.4, 0.5) is 0 Å². The monoisotopic (exact) mass is 411 g/mol. The first-order valence-corrected chi connectivity index (χ1v) is 10.2. The van der Waals surface area contributed by atoms with Gasteiger partial charge in [0, 0.05) is 13.1 Å². The summed E-state index contributed by atoms with van der Waals surface area (Å²) in [5, 5.41) is 15.2. The number of rotatable bonds is 6. The largest absolute Gasteiger partial charge is 0.493 e. The van der Waals surface area contributed by atoms with Crippen molar-refractivity contribution in [3.8, 4) is 23.0 Å². The molecule has 1 aliphatic heterocycles. The van der Waals surface area contributed by atoms with E-state index in [-0.39, 0.29) is 0 Å². The van der Waals surface area contributed by atoms with E-state index in [1.165, 1.54) is 0 Å². The first kappa shape index (κ1) is 20.6. The Morgan fingerprint density at radius 2 is 1.27 bits per heavy atom. The molecule has 0 bridgehead atoms. The summed E-state index contributed by atoms with van der Waals surface area (Å²) >= 11 is 0. The Bertz CT molecular complexity index is 1090. The van der Waals surface area contributed by atoms with Crippen LogP contribution in [0.15, 0.2) is 24.3 Å². The van der Waals surface area contributed by atoms with E-state index < -0.39 is 6.10 Å². The fraction of sp³-hybridized carbons (Fsp3) is 0.417. The van der Waals surface area contributed by atoms with Crippen molar-refractivity contribution in [1.29, 1.82) is 0 Å². The average Bonchev–Trinajstić information content (AvgIpc) is 2.77. The Morgan fingerprint density at radius 3 is 1.77 bits per heavy atom. The molecule has 0 spiro atoms. The third kappa shape index (κ3) is 3.20. The molecule has 1 heterocycles. The Hall–Kier alpha value is -2.70. The third-order valence-electron chi connectivity index (χ3n) is 5.96. The fourth-order valence-electron chi connectivity index (χ4n) is 4.65. The maximum Gasteiger partial charge on any atom is 0.161 e. The molecule has 6 heteroatoms. The number of ether oxygens (including phenoxy) is 4. The van der Waals surface area contributed by atoms with Crippen molar-refractivity contribution in [2.24, 2.45) is 0 Å². The van der Waals surface area contributed by atoms with Crippen LogP contribution in [0.2, 0.25) is 0 Å². The van der Waals surface area contributed by atoms with E-state index >= 15 is 0 Å². The van der Waals surface area contributed by atoms with Gasteiger partial charge in [0.05, 0.1) is 34.5 Å². The van der Waals surface area contributed by atoms with Gasteiger partial charge in [0.15, 0.2) is 23.0 Å². The van der Waals surface area contributed by atoms with E-state index in [9.17, 15) is 5.11 Å². The van der Waals surface area contributed by atoms with E-state index in [0.29, 0.717) is 29.5 Å². The van der Waals surface area contributed by atoms with Gasteiger partial charge in [-0.05, 0) is 69.9 Å². The summed E-state index contributed by atoms with van der Waals surface area (Å²) in [5.74, 6) is 2.64. The van der Waals surface area contributed by atoms with E-state index in [2.05, 4.69) is 11.8 Å². The number of benzene rings is 3. The van der Waals surface area contributed by atoms with Crippen LogP contribution in [0.5, 0.6) is 23.0 Å². The number of hydrogen-bond donors (Lipinski definition) is 1. The maximum absolute atomic E-state index is 11.2. The Kier molecular flexibility index (Phi) is 5.62. The van der Waals surface area contributed by atoms with Crippen molar-refractivity contribution in [2.45, 2.75) is 26.0 Å². The number of aliphatic hydroxyl groups excluding tert-OH is 1. The predicted octanol–water partition coefficient (Wildman–Crippen LogP) is 4.29. The highest BCUT2D eigenvalue weighted by atomic mass is 16.5. The smallest absolute Gasteiger partial charge is 0.161 e. The molecule has 0 aromatic heterocycles. The lowest BCUT2D eigenvalue weighted by Gasteiger charge is -2.34. The highest BCUT2D eigenvalue weighted by molar-refractivity contribution is 6.13. The highest BCUT2D eigenvalue weighted by Crippen LogP contribution is 2.46. The molecular formula is C24H29NO5. The molecule has 30 heavy (non-hydrogen) atoms. The van der Waals surface area contributed by atoms with Gasteiger partial charge in [0.2, 0.25) is 0 Å². The van der Waals surface area contributed by atoms with Crippen LogP contribution in [-0.4, -0.2) is 51.5 Å². The van der Waals surface area contributed by atoms with Crippen LogP contribution >= 0.6 is 0 Å². The summed E-state index contributed by atoms with van der Waals surface area (Å²) in [4.78, 5) is 2.30. The molecule has 3 aromatic rings. The molecule has 0 aliphatic carbocycles. The van der Waals surface area contributed by atoms with Crippen molar-refractivity contribution >= 4 is 21.5 Å². The molecular weight excluding hydrogens is 382 g/mol. The van der Waals surface area contributed by atoms with Crippen molar-refractivity contribution < 1.29 is 24.1 Å². The maximum atomic E-state index is 11.2. The van der Waals surface area contributed by atoms with Gasteiger partial charge >= 0.3 is 0 Å². The SMILES string of the molecule is CCCN1Cc2c(c3cc(OC)c(OC)cc3c3cc(OC)c(OC)cc23)C(O)C1. The van der Waals surface area contributed by atoms with Crippen LogP contribution in [0.1, 0.15) is 30.6 Å². The zero-order valence-electron chi connectivity index (χ0n) is 18.2. The fourth-order valence-corrected chi connectivity index (χ4v) is 4.65. The minimum Gasteiger partial charge on any atom is -0.493 e. The summed E-state index contributed by atoms with van der Waals surface area (Å²) in [7, 11) is 6.54. The van der Waals surface area contributed by atoms with Crippen molar-refractivity contribution in [3.05, 3.63) is 35.4 Å². The third-order valence-corrected chi connectivity index (χ3v) is 5.96. The minimum atomic E-state index is -0.585. The number of hydrogen-bond acceptors (Lipinski definition) is 6. The van der Waals surface area contributed by atoms with Gasteiger partial charge < -0.3 is 24.1 Å². The average molecular weight is 411 g/mol. The first-order chi connectivity index (χ1) is 14.6. The van der Waals surface area contributed by atoms with Crippen molar-refractivity contribution in [3.63, 3.8) is 0 Å². The molecule has 4 rings (SSSR count). The van der Waals surface area contributed by atoms with Gasteiger partial charge in [-0.3, -0.25) is 4.90 Å². The van der Waals surface area contributed by atoms with Gasteiger partial charge in [-0.15, -0.1) is 0 Å². The molecule has 0 saturated carbocycles. The van der Waals surface area contributed by atoms with Crippen molar-refractivity contribution in [1.82, 2.24) is 4.90 Å². The number of fused-ring (bicyclic) bond motifs is 6. The number of β-amino-alcohol motifs (C(OH)–C–C–N with tert-alkyl or cyclic N) is 1. The molecule has 160 valence electrons. The highest BCUT2D eigenvalue weighted by Gasteiger charge is 2.29. The zero-order chi connectivity index (χ0) is 21.4. The number of nitrogens with zero attached hydrogens (tertiary/aromatic N) is 1. The number of aliphatic hydroxyl groups is 1. The van der Waals surface area contributed by atoms with Crippen LogP contribution < -0.4 is 18.9 Å². The molecule has 1 aliphatic rings. The van der Waals surface area contributed by atoms with Gasteiger partial charge in [-0.1, -0.05) is 6.92 Å². The summed E-state index contributed by atoms with van der Waals surface area (Å²) in [6, 6.07) is 7.98. The molecule has 0 radical (unpaired) electrons. The second-order valence-electron chi connectivity index (χ2n) is 7.65. The Morgan fingerprint density at radius 1 is 0.800 bits per heavy atom. The van der Waals surface area contributed by atoms with Crippen molar-refractivity contribution in [2.75, 3.05) is 41.5 Å². The second kappa shape index (κ2) is 8.20. The van der Waals surface area contributed by atoms with Crippen LogP contribution in [0, 0.1) is 0 Å². The van der Waals surface area contributed by atoms with Gasteiger partial charge in [0.1, 0.15) is 0 Å². The molecule has 0 fully saturated rings. The minimum absolute atomic E-state index is 0.585. The molecule has 1 unspecified atom stereocenters. The Labute approximate surface area is 176 Å². The van der Waals surface area contributed by atoms with Gasteiger partial charge in [-0.2, -0.15) is 0 Å². The van der Waals surface area contributed by atoms with E-state index in [1.807, 2.05) is 24.3 Å². The van der Waals surface area contributed by atoms with Gasteiger partial charge in [0.25, 0.3) is 0 Å². The molecule has 1 atom stereocenters. The van der Waals surface area contributed by atoms with Crippen LogP contribution in [0.25, 0.3) is 21.5 Å². The summed E-state index contributed by atoms with van der Waals surface area (Å²) < 4.78 is 22.3. The standard InChI is InChI=1S/C24H29NO5/c1-6-7-25-12-18-16-10-22(29-4)20(27-2)8-14(16)15-9-21(28-3)23(30-5)11-17(15)24(18)19(26)13-25/h8-11,19,26H,6-7,12-13H2,1-5H3. The predicted molar refractivity (Wildman–Crippen MR) is 118 cm³/mol. The topological polar surface area (TPSA) is 60.4 Å². The van der Waals surface area contributed by atoms with Crippen LogP contribution in [0.3, 0.4) is 0 Å². The van der Waals surface area contributed by atoms with E-state index in [1.54, 1.807) is 28.4 Å². The molecule has 0 saturated heterocycles. The first-order valence-electron chi connectivity index (χ1n) is 10.2. The van der Waals surface area contributed by atoms with Crippen LogP contribution in [-0.2, 0) is 6.54 Å². The zero-order valence-corrected chi connectivity index (χ0v) is 18.2. The normalized spacial score (nSPS) is 16.5. The Balaban J connectivity index is 2.14. The second-order valence-corrected chi connectivity index (χ2v) is 7.65. The summed E-state index contributed by atoms with van der Waals surface area (Å²) in [6.07, 6.45) is 0.453. The van der Waals surface area contributed by atoms with E-state index in [4.69, 9.17) is 18.9 Å². The molecule has 1 N–H and O–H groups in total. The quantitative estimate of drug-likeness (QED) is 0.611. The molecule has 0 amide bonds.